The molecule has 156 valence electrons. The summed E-state index contributed by atoms with van der Waals surface area (Å²) in [5.74, 6) is 0.421. The van der Waals surface area contributed by atoms with E-state index >= 15 is 0 Å². The SMILES string of the molecule is CN=C(NCCS(=O)(=O)NCc1ccccc1)NCc1cc(Cl)c(Cl)n1C.I. The molecule has 0 saturated carbocycles. The fourth-order valence-corrected chi connectivity index (χ4v) is 3.64. The third kappa shape index (κ3) is 7.78. The number of hydrogen-bond acceptors (Lipinski definition) is 3. The lowest BCUT2D eigenvalue weighted by Crippen LogP contribution is -2.40. The molecular weight excluding hydrogens is 536 g/mol. The lowest BCUT2D eigenvalue weighted by atomic mass is 10.2. The molecule has 0 radical (unpaired) electrons. The van der Waals surface area contributed by atoms with Gasteiger partial charge in [0.25, 0.3) is 0 Å². The fourth-order valence-electron chi connectivity index (χ4n) is 2.32. The lowest BCUT2D eigenvalue weighted by Gasteiger charge is -2.13. The van der Waals surface area contributed by atoms with Crippen molar-refractivity contribution < 1.29 is 8.42 Å². The minimum atomic E-state index is -3.39. The minimum absolute atomic E-state index is 0. The molecule has 0 aliphatic carbocycles. The van der Waals surface area contributed by atoms with Gasteiger partial charge in [-0.25, -0.2) is 13.1 Å². The van der Waals surface area contributed by atoms with Gasteiger partial charge in [0.05, 0.1) is 17.3 Å². The molecule has 28 heavy (non-hydrogen) atoms. The van der Waals surface area contributed by atoms with E-state index in [0.29, 0.717) is 22.7 Å². The smallest absolute Gasteiger partial charge is 0.213 e. The highest BCUT2D eigenvalue weighted by Gasteiger charge is 2.11. The summed E-state index contributed by atoms with van der Waals surface area (Å²) in [4.78, 5) is 4.08. The van der Waals surface area contributed by atoms with Gasteiger partial charge < -0.3 is 15.2 Å². The van der Waals surface area contributed by atoms with Crippen molar-refractivity contribution in [2.45, 2.75) is 13.1 Å². The van der Waals surface area contributed by atoms with Crippen molar-refractivity contribution in [1.29, 1.82) is 0 Å². The zero-order chi connectivity index (χ0) is 19.9. The summed E-state index contributed by atoms with van der Waals surface area (Å²) in [5.41, 5.74) is 1.79. The Bertz CT molecular complexity index is 888. The summed E-state index contributed by atoms with van der Waals surface area (Å²) < 4.78 is 28.5. The molecule has 0 fully saturated rings. The van der Waals surface area contributed by atoms with Crippen LogP contribution in [0.1, 0.15) is 11.3 Å². The molecule has 0 bridgehead atoms. The number of benzene rings is 1. The first-order valence-electron chi connectivity index (χ1n) is 8.28. The first kappa shape index (κ1) is 25.0. The van der Waals surface area contributed by atoms with Gasteiger partial charge in [0.2, 0.25) is 10.0 Å². The molecular formula is C17H24Cl2IN5O2S. The molecule has 0 aliphatic rings. The van der Waals surface area contributed by atoms with E-state index in [4.69, 9.17) is 23.2 Å². The average molecular weight is 560 g/mol. The van der Waals surface area contributed by atoms with E-state index < -0.39 is 10.0 Å². The quantitative estimate of drug-likeness (QED) is 0.264. The van der Waals surface area contributed by atoms with Gasteiger partial charge in [-0.1, -0.05) is 53.5 Å². The van der Waals surface area contributed by atoms with Crippen LogP contribution in [0.3, 0.4) is 0 Å². The zero-order valence-corrected chi connectivity index (χ0v) is 20.2. The second-order valence-corrected chi connectivity index (χ2v) is 8.50. The van der Waals surface area contributed by atoms with Crippen molar-refractivity contribution in [3.05, 3.63) is 57.8 Å². The molecule has 2 rings (SSSR count). The predicted molar refractivity (Wildman–Crippen MR) is 126 cm³/mol. The highest BCUT2D eigenvalue weighted by atomic mass is 127. The molecule has 0 spiro atoms. The first-order valence-corrected chi connectivity index (χ1v) is 10.7. The molecule has 1 heterocycles. The average Bonchev–Trinajstić information content (AvgIpc) is 2.90. The van der Waals surface area contributed by atoms with Crippen molar-refractivity contribution in [2.75, 3.05) is 19.3 Å². The van der Waals surface area contributed by atoms with Crippen LogP contribution >= 0.6 is 47.2 Å². The molecule has 0 saturated heterocycles. The predicted octanol–water partition coefficient (Wildman–Crippen LogP) is 2.73. The first-order chi connectivity index (χ1) is 12.8. The van der Waals surface area contributed by atoms with Crippen LogP contribution in [0.2, 0.25) is 10.2 Å². The Morgan fingerprint density at radius 1 is 1.14 bits per heavy atom. The van der Waals surface area contributed by atoms with E-state index in [9.17, 15) is 8.42 Å². The molecule has 2 aromatic rings. The number of halogens is 3. The number of guanidine groups is 1. The summed E-state index contributed by atoms with van der Waals surface area (Å²) in [7, 11) is 0.0314. The minimum Gasteiger partial charge on any atom is -0.355 e. The van der Waals surface area contributed by atoms with Crippen LogP contribution in [0.15, 0.2) is 41.4 Å². The van der Waals surface area contributed by atoms with Gasteiger partial charge >= 0.3 is 0 Å². The number of aliphatic imine (C=N–C) groups is 1. The van der Waals surface area contributed by atoms with Gasteiger partial charge in [-0.2, -0.15) is 0 Å². The third-order valence-electron chi connectivity index (χ3n) is 3.88. The topological polar surface area (TPSA) is 87.5 Å². The highest BCUT2D eigenvalue weighted by Crippen LogP contribution is 2.24. The Kier molecular flexibility index (Phi) is 10.6. The van der Waals surface area contributed by atoms with Gasteiger partial charge in [0.1, 0.15) is 5.15 Å². The Hall–Kier alpha value is -1.01. The van der Waals surface area contributed by atoms with Crippen LogP contribution in [0, 0.1) is 0 Å². The van der Waals surface area contributed by atoms with Crippen molar-refractivity contribution in [3.63, 3.8) is 0 Å². The van der Waals surface area contributed by atoms with Crippen LogP contribution < -0.4 is 15.4 Å². The van der Waals surface area contributed by atoms with Gasteiger partial charge in [-0.3, -0.25) is 4.99 Å². The maximum absolute atomic E-state index is 12.1. The number of nitrogens with zero attached hydrogens (tertiary/aromatic N) is 2. The van der Waals surface area contributed by atoms with Crippen molar-refractivity contribution in [2.24, 2.45) is 12.0 Å². The zero-order valence-electron chi connectivity index (χ0n) is 15.6. The third-order valence-corrected chi connectivity index (χ3v) is 6.05. The van der Waals surface area contributed by atoms with Crippen LogP contribution in [0.25, 0.3) is 0 Å². The second kappa shape index (κ2) is 11.9. The van der Waals surface area contributed by atoms with Crippen LogP contribution in [-0.2, 0) is 30.2 Å². The molecule has 0 unspecified atom stereocenters. The van der Waals surface area contributed by atoms with E-state index in [-0.39, 0.29) is 42.8 Å². The van der Waals surface area contributed by atoms with Crippen molar-refractivity contribution in [3.8, 4) is 0 Å². The summed E-state index contributed by atoms with van der Waals surface area (Å²) in [6.07, 6.45) is 0. The van der Waals surface area contributed by atoms with E-state index in [1.54, 1.807) is 17.7 Å². The van der Waals surface area contributed by atoms with E-state index in [1.807, 2.05) is 37.4 Å². The second-order valence-electron chi connectivity index (χ2n) is 5.81. The summed E-state index contributed by atoms with van der Waals surface area (Å²) >= 11 is 12.0. The lowest BCUT2D eigenvalue weighted by molar-refractivity contribution is 0.580. The summed E-state index contributed by atoms with van der Waals surface area (Å²) in [6.45, 7) is 0.936. The number of aromatic nitrogens is 1. The Morgan fingerprint density at radius 3 is 2.39 bits per heavy atom. The maximum Gasteiger partial charge on any atom is 0.213 e. The number of rotatable bonds is 8. The normalized spacial score (nSPS) is 11.8. The molecule has 11 heteroatoms. The maximum atomic E-state index is 12.1. The van der Waals surface area contributed by atoms with Gasteiger partial charge in [-0.05, 0) is 11.6 Å². The molecule has 0 aliphatic heterocycles. The summed E-state index contributed by atoms with van der Waals surface area (Å²) in [5, 5.41) is 7.02. The number of sulfonamides is 1. The molecule has 1 aromatic heterocycles. The largest absolute Gasteiger partial charge is 0.355 e. The van der Waals surface area contributed by atoms with Crippen molar-refractivity contribution >= 4 is 63.2 Å². The van der Waals surface area contributed by atoms with Crippen LogP contribution in [-0.4, -0.2) is 38.3 Å². The van der Waals surface area contributed by atoms with E-state index in [0.717, 1.165) is 11.3 Å². The summed E-state index contributed by atoms with van der Waals surface area (Å²) in [6, 6.07) is 11.1. The van der Waals surface area contributed by atoms with Gasteiger partial charge in [0, 0.05) is 32.9 Å². The Labute approximate surface area is 193 Å². The number of nitrogens with one attached hydrogen (secondary N) is 3. The van der Waals surface area contributed by atoms with Crippen LogP contribution in [0.4, 0.5) is 0 Å². The van der Waals surface area contributed by atoms with E-state index in [2.05, 4.69) is 20.3 Å². The van der Waals surface area contributed by atoms with Gasteiger partial charge in [-0.15, -0.1) is 24.0 Å². The van der Waals surface area contributed by atoms with Crippen molar-refractivity contribution in [1.82, 2.24) is 19.9 Å². The molecule has 3 N–H and O–H groups in total. The Morgan fingerprint density at radius 2 is 1.82 bits per heavy atom. The van der Waals surface area contributed by atoms with Crippen LogP contribution in [0.5, 0.6) is 0 Å². The highest BCUT2D eigenvalue weighted by molar-refractivity contribution is 14.0. The van der Waals surface area contributed by atoms with Gasteiger partial charge in [0.15, 0.2) is 5.96 Å². The standard InChI is InChI=1S/C17H23Cl2N5O2S.HI/c1-20-17(22-12-14-10-15(18)16(19)24(14)2)21-8-9-27(25,26)23-11-13-6-4-3-5-7-13;/h3-7,10,23H,8-9,11-12H2,1-2H3,(H2,20,21,22);1H. The molecule has 1 aromatic carbocycles. The fraction of sp³-hybridized carbons (Fsp3) is 0.353. The number of hydrogen-bond donors (Lipinski definition) is 3. The molecule has 0 amide bonds. The monoisotopic (exact) mass is 559 g/mol. The molecule has 7 nitrogen and oxygen atoms in total. The Balaban J connectivity index is 0.00000392. The van der Waals surface area contributed by atoms with E-state index in [1.165, 1.54) is 0 Å². The molecule has 0 atom stereocenters.